The first-order valence-electron chi connectivity index (χ1n) is 6.41. The van der Waals surface area contributed by atoms with Crippen molar-refractivity contribution in [3.8, 4) is 0 Å². The van der Waals surface area contributed by atoms with Crippen LogP contribution in [0.5, 0.6) is 0 Å². The lowest BCUT2D eigenvalue weighted by Gasteiger charge is -2.12. The van der Waals surface area contributed by atoms with Crippen molar-refractivity contribution in [1.29, 1.82) is 0 Å². The van der Waals surface area contributed by atoms with Crippen LogP contribution in [0.15, 0.2) is 36.4 Å². The second-order valence-electron chi connectivity index (χ2n) is 4.41. The largest absolute Gasteiger partial charge is 0.397 e. The Morgan fingerprint density at radius 3 is 2.67 bits per heavy atom. The number of halogens is 2. The molecule has 0 bridgehead atoms. The van der Waals surface area contributed by atoms with E-state index in [0.717, 1.165) is 0 Å². The van der Waals surface area contributed by atoms with Gasteiger partial charge >= 0.3 is 0 Å². The molecule has 0 unspecified atom stereocenters. The number of nitrogens with two attached hydrogens (primary N) is 1. The molecule has 0 radical (unpaired) electrons. The molecular weight excluding hydrogens is 293 g/mol. The molecule has 2 aromatic carbocycles. The highest BCUT2D eigenvalue weighted by Gasteiger charge is 2.09. The summed E-state index contributed by atoms with van der Waals surface area (Å²) in [6.07, 6.45) is 0. The summed E-state index contributed by atoms with van der Waals surface area (Å²) in [5.41, 5.74) is 7.71. The maximum absolute atomic E-state index is 13.2. The van der Waals surface area contributed by atoms with Crippen LogP contribution in [0.3, 0.4) is 0 Å². The van der Waals surface area contributed by atoms with Crippen molar-refractivity contribution in [1.82, 2.24) is 5.32 Å². The van der Waals surface area contributed by atoms with Gasteiger partial charge in [0.2, 0.25) is 0 Å². The first kappa shape index (κ1) is 15.1. The summed E-state index contributed by atoms with van der Waals surface area (Å²) < 4.78 is 13.2. The molecule has 0 atom stereocenters. The fourth-order valence-corrected chi connectivity index (χ4v) is 1.98. The maximum Gasteiger partial charge on any atom is 0.251 e. The van der Waals surface area contributed by atoms with Crippen molar-refractivity contribution in [2.24, 2.45) is 0 Å². The first-order valence-corrected chi connectivity index (χ1v) is 6.79. The molecule has 2 aromatic rings. The third-order valence-electron chi connectivity index (χ3n) is 2.85. The summed E-state index contributed by atoms with van der Waals surface area (Å²) in [4.78, 5) is 11.7. The lowest BCUT2D eigenvalue weighted by Crippen LogP contribution is -2.22. The van der Waals surface area contributed by atoms with Gasteiger partial charge < -0.3 is 16.4 Å². The molecule has 0 aliphatic rings. The zero-order valence-electron chi connectivity index (χ0n) is 11.4. The van der Waals surface area contributed by atoms with Gasteiger partial charge in [-0.05, 0) is 43.3 Å². The van der Waals surface area contributed by atoms with E-state index < -0.39 is 5.82 Å². The number of nitrogens with one attached hydrogen (secondary N) is 2. The Morgan fingerprint density at radius 2 is 2.00 bits per heavy atom. The third kappa shape index (κ3) is 3.64. The summed E-state index contributed by atoms with van der Waals surface area (Å²) in [7, 11) is 0. The van der Waals surface area contributed by atoms with Gasteiger partial charge in [0, 0.05) is 12.1 Å². The maximum atomic E-state index is 13.2. The predicted octanol–water partition coefficient (Wildman–Crippen LogP) is 3.55. The SMILES string of the molecule is CCNC(=O)c1ccc(Nc2cc(F)ccc2Cl)c(N)c1. The number of amides is 1. The van der Waals surface area contributed by atoms with Crippen molar-refractivity contribution in [3.05, 3.63) is 52.8 Å². The van der Waals surface area contributed by atoms with Crippen LogP contribution in [-0.4, -0.2) is 12.5 Å². The lowest BCUT2D eigenvalue weighted by molar-refractivity contribution is 0.0956. The van der Waals surface area contributed by atoms with E-state index in [-0.39, 0.29) is 5.91 Å². The van der Waals surface area contributed by atoms with Gasteiger partial charge in [-0.3, -0.25) is 4.79 Å². The van der Waals surface area contributed by atoms with E-state index >= 15 is 0 Å². The van der Waals surface area contributed by atoms with E-state index in [0.29, 0.717) is 34.2 Å². The van der Waals surface area contributed by atoms with Gasteiger partial charge in [-0.25, -0.2) is 4.39 Å². The highest BCUT2D eigenvalue weighted by atomic mass is 35.5. The Kier molecular flexibility index (Phi) is 4.65. The third-order valence-corrected chi connectivity index (χ3v) is 3.18. The topological polar surface area (TPSA) is 67.2 Å². The average Bonchev–Trinajstić information content (AvgIpc) is 2.45. The van der Waals surface area contributed by atoms with Crippen LogP contribution in [0.25, 0.3) is 0 Å². The molecule has 0 aliphatic heterocycles. The molecule has 1 amide bonds. The molecule has 0 fully saturated rings. The molecule has 0 saturated heterocycles. The normalized spacial score (nSPS) is 10.2. The molecule has 21 heavy (non-hydrogen) atoms. The zero-order valence-corrected chi connectivity index (χ0v) is 12.2. The van der Waals surface area contributed by atoms with Crippen LogP contribution >= 0.6 is 11.6 Å². The van der Waals surface area contributed by atoms with E-state index in [9.17, 15) is 9.18 Å². The highest BCUT2D eigenvalue weighted by Crippen LogP contribution is 2.29. The number of hydrogen-bond acceptors (Lipinski definition) is 3. The highest BCUT2D eigenvalue weighted by molar-refractivity contribution is 6.33. The first-order chi connectivity index (χ1) is 10.0. The van der Waals surface area contributed by atoms with Crippen LogP contribution in [-0.2, 0) is 0 Å². The second-order valence-corrected chi connectivity index (χ2v) is 4.82. The Balaban J connectivity index is 2.25. The van der Waals surface area contributed by atoms with Gasteiger partial charge in [-0.2, -0.15) is 0 Å². The number of carbonyl (C=O) groups is 1. The Bertz CT molecular complexity index is 676. The van der Waals surface area contributed by atoms with Crippen LogP contribution in [0, 0.1) is 5.82 Å². The monoisotopic (exact) mass is 307 g/mol. The predicted molar refractivity (Wildman–Crippen MR) is 83.6 cm³/mol. The quantitative estimate of drug-likeness (QED) is 0.757. The van der Waals surface area contributed by atoms with Crippen LogP contribution in [0.4, 0.5) is 21.5 Å². The van der Waals surface area contributed by atoms with Crippen molar-refractivity contribution >= 4 is 34.6 Å². The number of rotatable bonds is 4. The smallest absolute Gasteiger partial charge is 0.251 e. The van der Waals surface area contributed by atoms with Crippen molar-refractivity contribution in [3.63, 3.8) is 0 Å². The molecule has 0 aromatic heterocycles. The van der Waals surface area contributed by atoms with E-state index in [2.05, 4.69) is 10.6 Å². The van der Waals surface area contributed by atoms with Gasteiger partial charge in [0.05, 0.1) is 22.1 Å². The van der Waals surface area contributed by atoms with E-state index in [1.165, 1.54) is 18.2 Å². The molecule has 4 N–H and O–H groups in total. The minimum absolute atomic E-state index is 0.195. The summed E-state index contributed by atoms with van der Waals surface area (Å²) >= 11 is 5.99. The van der Waals surface area contributed by atoms with E-state index in [1.54, 1.807) is 18.2 Å². The second kappa shape index (κ2) is 6.45. The minimum Gasteiger partial charge on any atom is -0.397 e. The summed E-state index contributed by atoms with van der Waals surface area (Å²) in [6.45, 7) is 2.38. The number of benzene rings is 2. The molecule has 4 nitrogen and oxygen atoms in total. The summed E-state index contributed by atoms with van der Waals surface area (Å²) in [5, 5.41) is 6.02. The molecule has 110 valence electrons. The lowest BCUT2D eigenvalue weighted by atomic mass is 10.1. The average molecular weight is 308 g/mol. The molecule has 0 saturated carbocycles. The van der Waals surface area contributed by atoms with Gasteiger partial charge in [0.25, 0.3) is 5.91 Å². The fourth-order valence-electron chi connectivity index (χ4n) is 1.82. The Morgan fingerprint density at radius 1 is 1.24 bits per heavy atom. The molecule has 0 spiro atoms. The molecular formula is C15H15ClFN3O. The molecule has 2 rings (SSSR count). The molecule has 6 heteroatoms. The molecule has 0 aliphatic carbocycles. The number of hydrogen-bond donors (Lipinski definition) is 3. The number of nitrogen functional groups attached to an aromatic ring is 1. The summed E-state index contributed by atoms with van der Waals surface area (Å²) in [6, 6.07) is 8.85. The zero-order chi connectivity index (χ0) is 15.4. The Hall–Kier alpha value is -2.27. The summed E-state index contributed by atoms with van der Waals surface area (Å²) in [5.74, 6) is -0.598. The van der Waals surface area contributed by atoms with E-state index in [1.807, 2.05) is 6.92 Å². The minimum atomic E-state index is -0.403. The number of anilines is 3. The standard InChI is InChI=1S/C15H15ClFN3O/c1-2-19-15(21)9-3-6-13(12(18)7-9)20-14-8-10(17)4-5-11(14)16/h3-8,20H,2,18H2,1H3,(H,19,21). The van der Waals surface area contributed by atoms with Gasteiger partial charge in [-0.1, -0.05) is 11.6 Å². The van der Waals surface area contributed by atoms with Crippen molar-refractivity contribution in [2.75, 3.05) is 17.6 Å². The number of carbonyl (C=O) groups excluding carboxylic acids is 1. The van der Waals surface area contributed by atoms with E-state index in [4.69, 9.17) is 17.3 Å². The van der Waals surface area contributed by atoms with Crippen LogP contribution in [0.1, 0.15) is 17.3 Å². The fraction of sp³-hybridized carbons (Fsp3) is 0.133. The Labute approximate surface area is 127 Å². The van der Waals surface area contributed by atoms with Crippen molar-refractivity contribution < 1.29 is 9.18 Å². The van der Waals surface area contributed by atoms with Gasteiger partial charge in [-0.15, -0.1) is 0 Å². The van der Waals surface area contributed by atoms with Crippen molar-refractivity contribution in [2.45, 2.75) is 6.92 Å². The van der Waals surface area contributed by atoms with Gasteiger partial charge in [0.15, 0.2) is 0 Å². The van der Waals surface area contributed by atoms with Crippen LogP contribution in [0.2, 0.25) is 5.02 Å². The van der Waals surface area contributed by atoms with Gasteiger partial charge in [0.1, 0.15) is 5.82 Å². The van der Waals surface area contributed by atoms with Crippen LogP contribution < -0.4 is 16.4 Å². The molecule has 0 heterocycles.